The van der Waals surface area contributed by atoms with Gasteiger partial charge in [0, 0.05) is 5.92 Å². The molecule has 0 bridgehead atoms. The van der Waals surface area contributed by atoms with Crippen molar-refractivity contribution in [3.63, 3.8) is 0 Å². The summed E-state index contributed by atoms with van der Waals surface area (Å²) in [6, 6.07) is 0. The van der Waals surface area contributed by atoms with E-state index in [4.69, 9.17) is 0 Å². The van der Waals surface area contributed by atoms with E-state index in [2.05, 4.69) is 6.92 Å². The van der Waals surface area contributed by atoms with Crippen LogP contribution in [0.25, 0.3) is 0 Å². The molecule has 0 N–H and O–H groups in total. The molecule has 0 aromatic carbocycles. The topological polar surface area (TPSA) is 34.1 Å². The van der Waals surface area contributed by atoms with Gasteiger partial charge in [-0.3, -0.25) is 4.79 Å². The number of Topliss-reactive ketones (excluding diaryl/α,β-unsaturated/α-hetero) is 1. The molecule has 0 spiro atoms. The van der Waals surface area contributed by atoms with Crippen LogP contribution in [0.3, 0.4) is 0 Å². The highest BCUT2D eigenvalue weighted by atomic mass is 16.1. The van der Waals surface area contributed by atoms with Crippen LogP contribution in [-0.4, -0.2) is 12.1 Å². The molecular formula is C11H18O2. The molecular weight excluding hydrogens is 164 g/mol. The van der Waals surface area contributed by atoms with Gasteiger partial charge in [0.25, 0.3) is 0 Å². The fourth-order valence-corrected chi connectivity index (χ4v) is 2.03. The summed E-state index contributed by atoms with van der Waals surface area (Å²) < 4.78 is 0. The molecule has 2 unspecified atom stereocenters. The molecule has 0 aromatic heterocycles. The molecule has 1 fully saturated rings. The van der Waals surface area contributed by atoms with Crippen molar-refractivity contribution in [2.75, 3.05) is 0 Å². The quantitative estimate of drug-likeness (QED) is 0.371. The molecule has 1 aliphatic rings. The standard InChI is InChI=1S/C11H18O2/c1-2-3-4-5-9-6-7-10(8-12)11(9)13/h8-10H,2-7H2,1H3. The highest BCUT2D eigenvalue weighted by Gasteiger charge is 2.32. The molecule has 74 valence electrons. The van der Waals surface area contributed by atoms with Crippen LogP contribution in [0, 0.1) is 11.8 Å². The van der Waals surface area contributed by atoms with Crippen molar-refractivity contribution in [1.82, 2.24) is 0 Å². The number of hydrogen-bond acceptors (Lipinski definition) is 2. The molecule has 0 aromatic rings. The zero-order valence-electron chi connectivity index (χ0n) is 8.29. The molecule has 0 aliphatic heterocycles. The van der Waals surface area contributed by atoms with Gasteiger partial charge in [-0.25, -0.2) is 0 Å². The predicted octanol–water partition coefficient (Wildman–Crippen LogP) is 2.36. The summed E-state index contributed by atoms with van der Waals surface area (Å²) in [5, 5.41) is 0. The van der Waals surface area contributed by atoms with E-state index in [-0.39, 0.29) is 17.6 Å². The Morgan fingerprint density at radius 2 is 2.15 bits per heavy atom. The SMILES string of the molecule is CCCCCC1CCC(C=O)C1=O. The zero-order chi connectivity index (χ0) is 9.68. The van der Waals surface area contributed by atoms with Gasteiger partial charge >= 0.3 is 0 Å². The van der Waals surface area contributed by atoms with Crippen molar-refractivity contribution < 1.29 is 9.59 Å². The zero-order valence-corrected chi connectivity index (χ0v) is 8.29. The number of aldehydes is 1. The molecule has 1 aliphatic carbocycles. The Hall–Kier alpha value is -0.660. The van der Waals surface area contributed by atoms with Crippen molar-refractivity contribution in [3.8, 4) is 0 Å². The molecule has 0 heterocycles. The van der Waals surface area contributed by atoms with E-state index in [1.165, 1.54) is 12.8 Å². The summed E-state index contributed by atoms with van der Waals surface area (Å²) in [6.07, 6.45) is 7.08. The van der Waals surface area contributed by atoms with Crippen LogP contribution >= 0.6 is 0 Å². The van der Waals surface area contributed by atoms with Crippen LogP contribution < -0.4 is 0 Å². The molecule has 0 radical (unpaired) electrons. The first-order chi connectivity index (χ1) is 6.29. The molecule has 0 amide bonds. The Labute approximate surface area is 79.7 Å². The van der Waals surface area contributed by atoms with Crippen LogP contribution in [0.4, 0.5) is 0 Å². The average molecular weight is 182 g/mol. The van der Waals surface area contributed by atoms with E-state index in [1.807, 2.05) is 0 Å². The minimum absolute atomic E-state index is 0.196. The Morgan fingerprint density at radius 1 is 1.38 bits per heavy atom. The molecule has 1 rings (SSSR count). The second-order valence-corrected chi connectivity index (χ2v) is 3.92. The Balaban J connectivity index is 2.28. The first kappa shape index (κ1) is 10.4. The van der Waals surface area contributed by atoms with Gasteiger partial charge in [-0.15, -0.1) is 0 Å². The smallest absolute Gasteiger partial charge is 0.146 e. The van der Waals surface area contributed by atoms with Gasteiger partial charge < -0.3 is 4.79 Å². The summed E-state index contributed by atoms with van der Waals surface area (Å²) in [5.41, 5.74) is 0. The number of unbranched alkanes of at least 4 members (excludes halogenated alkanes) is 2. The largest absolute Gasteiger partial charge is 0.303 e. The summed E-state index contributed by atoms with van der Waals surface area (Å²) >= 11 is 0. The van der Waals surface area contributed by atoms with E-state index in [0.29, 0.717) is 0 Å². The monoisotopic (exact) mass is 182 g/mol. The van der Waals surface area contributed by atoms with Gasteiger partial charge in [-0.1, -0.05) is 26.2 Å². The first-order valence-corrected chi connectivity index (χ1v) is 5.28. The lowest BCUT2D eigenvalue weighted by molar-refractivity contribution is -0.127. The lowest BCUT2D eigenvalue weighted by atomic mass is 9.97. The third kappa shape index (κ3) is 2.64. The Bertz CT molecular complexity index is 187. The molecule has 2 atom stereocenters. The molecule has 13 heavy (non-hydrogen) atoms. The third-order valence-electron chi connectivity index (χ3n) is 2.91. The Morgan fingerprint density at radius 3 is 2.69 bits per heavy atom. The maximum atomic E-state index is 11.5. The van der Waals surface area contributed by atoms with Gasteiger partial charge in [-0.2, -0.15) is 0 Å². The van der Waals surface area contributed by atoms with Crippen molar-refractivity contribution >= 4 is 12.1 Å². The van der Waals surface area contributed by atoms with E-state index < -0.39 is 0 Å². The fourth-order valence-electron chi connectivity index (χ4n) is 2.03. The molecule has 2 heteroatoms. The number of rotatable bonds is 5. The van der Waals surface area contributed by atoms with E-state index in [1.54, 1.807) is 0 Å². The number of carbonyl (C=O) groups is 2. The second-order valence-electron chi connectivity index (χ2n) is 3.92. The van der Waals surface area contributed by atoms with Crippen molar-refractivity contribution in [3.05, 3.63) is 0 Å². The Kier molecular flexibility index (Phi) is 4.13. The van der Waals surface area contributed by atoms with Gasteiger partial charge in [0.1, 0.15) is 12.1 Å². The van der Waals surface area contributed by atoms with Crippen LogP contribution in [0.1, 0.15) is 45.4 Å². The first-order valence-electron chi connectivity index (χ1n) is 5.28. The summed E-state index contributed by atoms with van der Waals surface area (Å²) in [4.78, 5) is 22.0. The maximum absolute atomic E-state index is 11.5. The predicted molar refractivity (Wildman–Crippen MR) is 51.4 cm³/mol. The highest BCUT2D eigenvalue weighted by molar-refractivity contribution is 5.96. The fraction of sp³-hybridized carbons (Fsp3) is 0.818. The summed E-state index contributed by atoms with van der Waals surface area (Å²) in [7, 11) is 0. The number of ketones is 1. The van der Waals surface area contributed by atoms with Gasteiger partial charge in [0.2, 0.25) is 0 Å². The minimum Gasteiger partial charge on any atom is -0.303 e. The molecule has 0 saturated heterocycles. The number of hydrogen-bond donors (Lipinski definition) is 0. The van der Waals surface area contributed by atoms with E-state index in [9.17, 15) is 9.59 Å². The second kappa shape index (κ2) is 5.15. The van der Waals surface area contributed by atoms with Crippen LogP contribution in [0.15, 0.2) is 0 Å². The van der Waals surface area contributed by atoms with E-state index in [0.717, 1.165) is 32.0 Å². The average Bonchev–Trinajstić information content (AvgIpc) is 2.48. The van der Waals surface area contributed by atoms with Gasteiger partial charge in [0.15, 0.2) is 0 Å². The van der Waals surface area contributed by atoms with Crippen LogP contribution in [0.2, 0.25) is 0 Å². The lowest BCUT2D eigenvalue weighted by Gasteiger charge is -2.06. The highest BCUT2D eigenvalue weighted by Crippen LogP contribution is 2.29. The summed E-state index contributed by atoms with van der Waals surface area (Å²) in [5.74, 6) is 0.125. The summed E-state index contributed by atoms with van der Waals surface area (Å²) in [6.45, 7) is 2.16. The normalized spacial score (nSPS) is 27.9. The van der Waals surface area contributed by atoms with Crippen LogP contribution in [-0.2, 0) is 9.59 Å². The number of carbonyl (C=O) groups excluding carboxylic acids is 2. The minimum atomic E-state index is -0.272. The maximum Gasteiger partial charge on any atom is 0.146 e. The lowest BCUT2D eigenvalue weighted by Crippen LogP contribution is -2.14. The third-order valence-corrected chi connectivity index (χ3v) is 2.91. The molecule has 2 nitrogen and oxygen atoms in total. The van der Waals surface area contributed by atoms with Crippen molar-refractivity contribution in [2.24, 2.45) is 11.8 Å². The van der Waals surface area contributed by atoms with Crippen LogP contribution in [0.5, 0.6) is 0 Å². The van der Waals surface area contributed by atoms with Gasteiger partial charge in [-0.05, 0) is 19.3 Å². The van der Waals surface area contributed by atoms with Crippen molar-refractivity contribution in [1.29, 1.82) is 0 Å². The molecule has 1 saturated carbocycles. The van der Waals surface area contributed by atoms with Crippen molar-refractivity contribution in [2.45, 2.75) is 45.4 Å². The van der Waals surface area contributed by atoms with E-state index >= 15 is 0 Å². The van der Waals surface area contributed by atoms with Gasteiger partial charge in [0.05, 0.1) is 5.92 Å².